The van der Waals surface area contributed by atoms with Gasteiger partial charge in [-0.15, -0.1) is 0 Å². The Morgan fingerprint density at radius 3 is 2.70 bits per heavy atom. The van der Waals surface area contributed by atoms with E-state index in [0.29, 0.717) is 28.8 Å². The number of halogens is 3. The molecule has 37 heavy (non-hydrogen) atoms. The second-order valence-corrected chi connectivity index (χ2v) is 8.51. The predicted molar refractivity (Wildman–Crippen MR) is 132 cm³/mol. The third kappa shape index (κ3) is 5.26. The summed E-state index contributed by atoms with van der Waals surface area (Å²) in [4.78, 5) is 34.4. The van der Waals surface area contributed by atoms with Crippen LogP contribution in [0.5, 0.6) is 11.5 Å². The number of aromatic nitrogens is 2. The van der Waals surface area contributed by atoms with Crippen molar-refractivity contribution in [2.24, 2.45) is 0 Å². The summed E-state index contributed by atoms with van der Waals surface area (Å²) in [6.45, 7) is 3.74. The van der Waals surface area contributed by atoms with Crippen LogP contribution in [0.4, 0.5) is 20.3 Å². The summed E-state index contributed by atoms with van der Waals surface area (Å²) in [5.41, 5.74) is 0.388. The van der Waals surface area contributed by atoms with Gasteiger partial charge in [-0.3, -0.25) is 4.79 Å². The number of carbonyl (C=O) groups is 2. The van der Waals surface area contributed by atoms with Crippen LogP contribution in [0.2, 0.25) is 5.02 Å². The van der Waals surface area contributed by atoms with Crippen LogP contribution in [0.15, 0.2) is 43.2 Å². The minimum Gasteiger partial charge on any atom is -0.493 e. The van der Waals surface area contributed by atoms with Crippen LogP contribution < -0.4 is 14.8 Å². The molecule has 4 rings (SSSR count). The van der Waals surface area contributed by atoms with Crippen molar-refractivity contribution >= 4 is 45.9 Å². The van der Waals surface area contributed by atoms with Crippen LogP contribution >= 0.6 is 11.6 Å². The number of nitrogens with zero attached hydrogens (tertiary/aromatic N) is 3. The molecule has 0 bridgehead atoms. The zero-order chi connectivity index (χ0) is 26.7. The quantitative estimate of drug-likeness (QED) is 0.271. The number of nitrogens with one attached hydrogen (secondary N) is 1. The van der Waals surface area contributed by atoms with Gasteiger partial charge in [-0.1, -0.05) is 18.2 Å². The Balaban J connectivity index is 1.66. The zero-order valence-electron chi connectivity index (χ0n) is 20.0. The van der Waals surface area contributed by atoms with Crippen molar-refractivity contribution in [1.82, 2.24) is 14.9 Å². The molecule has 2 atom stereocenters. The van der Waals surface area contributed by atoms with E-state index in [1.54, 1.807) is 12.1 Å². The van der Waals surface area contributed by atoms with Gasteiger partial charge >= 0.3 is 5.97 Å². The van der Waals surface area contributed by atoms with Crippen molar-refractivity contribution in [2.75, 3.05) is 26.1 Å². The van der Waals surface area contributed by atoms with Gasteiger partial charge in [-0.05, 0) is 24.3 Å². The number of amides is 1. The Morgan fingerprint density at radius 1 is 1.22 bits per heavy atom. The number of rotatable bonds is 7. The summed E-state index contributed by atoms with van der Waals surface area (Å²) in [6.07, 6.45) is 2.59. The van der Waals surface area contributed by atoms with Gasteiger partial charge < -0.3 is 24.4 Å². The number of benzene rings is 2. The molecule has 0 spiro atoms. The van der Waals surface area contributed by atoms with Crippen molar-refractivity contribution in [3.05, 3.63) is 59.9 Å². The van der Waals surface area contributed by atoms with E-state index in [1.165, 1.54) is 31.5 Å². The van der Waals surface area contributed by atoms with Crippen molar-refractivity contribution < 1.29 is 32.6 Å². The van der Waals surface area contributed by atoms with Gasteiger partial charge in [0.05, 0.1) is 25.4 Å². The summed E-state index contributed by atoms with van der Waals surface area (Å²) in [7, 11) is 2.72. The Bertz CT molecular complexity index is 1370. The van der Waals surface area contributed by atoms with Gasteiger partial charge in [0.2, 0.25) is 5.91 Å². The highest BCUT2D eigenvalue weighted by Gasteiger charge is 2.37. The van der Waals surface area contributed by atoms with E-state index in [0.717, 1.165) is 12.1 Å². The summed E-state index contributed by atoms with van der Waals surface area (Å²) in [5.74, 6) is -1.88. The van der Waals surface area contributed by atoms with E-state index >= 15 is 0 Å². The third-order valence-corrected chi connectivity index (χ3v) is 6.33. The van der Waals surface area contributed by atoms with E-state index in [1.807, 2.05) is 0 Å². The van der Waals surface area contributed by atoms with Crippen LogP contribution in [0.1, 0.15) is 12.8 Å². The van der Waals surface area contributed by atoms with Crippen molar-refractivity contribution in [2.45, 2.75) is 25.0 Å². The van der Waals surface area contributed by atoms with Gasteiger partial charge in [0.15, 0.2) is 17.3 Å². The summed E-state index contributed by atoms with van der Waals surface area (Å²) >= 11 is 5.70. The first-order valence-corrected chi connectivity index (χ1v) is 11.6. The molecule has 2 aromatic carbocycles. The fourth-order valence-electron chi connectivity index (χ4n) is 4.13. The average Bonchev–Trinajstić information content (AvgIpc) is 2.92. The van der Waals surface area contributed by atoms with E-state index < -0.39 is 34.8 Å². The molecule has 2 heterocycles. The molecule has 1 aliphatic heterocycles. The van der Waals surface area contributed by atoms with E-state index in [-0.39, 0.29) is 30.4 Å². The van der Waals surface area contributed by atoms with Crippen LogP contribution in [0.3, 0.4) is 0 Å². The van der Waals surface area contributed by atoms with Crippen molar-refractivity contribution in [3.8, 4) is 11.5 Å². The fourth-order valence-corrected chi connectivity index (χ4v) is 4.29. The first-order valence-electron chi connectivity index (χ1n) is 11.2. The Morgan fingerprint density at radius 2 is 2.00 bits per heavy atom. The highest BCUT2D eigenvalue weighted by Crippen LogP contribution is 2.37. The van der Waals surface area contributed by atoms with Crippen LogP contribution in [0, 0.1) is 11.6 Å². The molecule has 0 saturated carbocycles. The predicted octanol–water partition coefficient (Wildman–Crippen LogP) is 4.41. The number of fused-ring (bicyclic) bond motifs is 1. The zero-order valence-corrected chi connectivity index (χ0v) is 20.7. The molecule has 1 aromatic heterocycles. The highest BCUT2D eigenvalue weighted by molar-refractivity contribution is 6.31. The topological polar surface area (TPSA) is 103 Å². The lowest BCUT2D eigenvalue weighted by atomic mass is 9.99. The molecular formula is C25H23ClF2N4O5. The molecule has 0 radical (unpaired) electrons. The number of hydrogen-bond acceptors (Lipinski definition) is 8. The third-order valence-electron chi connectivity index (χ3n) is 5.99. The number of piperidine rings is 1. The smallest absolute Gasteiger partial charge is 0.328 e. The minimum absolute atomic E-state index is 0.0788. The number of ether oxygens (including phenoxy) is 3. The second kappa shape index (κ2) is 11.0. The molecular weight excluding hydrogens is 510 g/mol. The average molecular weight is 533 g/mol. The molecule has 9 nitrogen and oxygen atoms in total. The number of methoxy groups -OCH3 is 2. The molecule has 3 aromatic rings. The van der Waals surface area contributed by atoms with E-state index in [4.69, 9.17) is 25.8 Å². The number of carbonyl (C=O) groups excluding carboxylic acids is 2. The lowest BCUT2D eigenvalue weighted by molar-refractivity contribution is -0.154. The Labute approximate surface area is 216 Å². The molecule has 1 fully saturated rings. The molecule has 1 aliphatic rings. The first-order chi connectivity index (χ1) is 17.8. The second-order valence-electron chi connectivity index (χ2n) is 8.13. The normalized spacial score (nSPS) is 17.3. The van der Waals surface area contributed by atoms with Crippen LogP contribution in [-0.2, 0) is 14.3 Å². The standard InChI is InChI=1S/C25H23ClF2N4O5/c1-4-21(33)32-8-7-13(9-18(32)25(34)36-3)37-20-10-14-17(11-19(20)35-2)29-12-30-24(14)31-16-6-5-15(27)22(26)23(16)28/h4-6,10-13,18H,1,7-9H2,2-3H3,(H,29,30,31)/t13-,18-/m1/s1. The Hall–Kier alpha value is -3.99. The summed E-state index contributed by atoms with van der Waals surface area (Å²) < 4.78 is 44.7. The van der Waals surface area contributed by atoms with Gasteiger partial charge in [-0.25, -0.2) is 23.5 Å². The molecule has 0 unspecified atom stereocenters. The molecule has 194 valence electrons. The molecule has 1 amide bonds. The summed E-state index contributed by atoms with van der Waals surface area (Å²) in [6, 6.07) is 4.65. The van der Waals surface area contributed by atoms with Gasteiger partial charge in [0, 0.05) is 30.8 Å². The SMILES string of the molecule is C=CC(=O)N1CC[C@@H](Oc2cc3c(Nc4ccc(F)c(Cl)c4F)ncnc3cc2OC)C[C@@H]1C(=O)OC. The molecule has 0 aliphatic carbocycles. The largest absolute Gasteiger partial charge is 0.493 e. The lowest BCUT2D eigenvalue weighted by Crippen LogP contribution is -2.52. The van der Waals surface area contributed by atoms with Crippen LogP contribution in [-0.4, -0.2) is 59.7 Å². The minimum atomic E-state index is -0.965. The van der Waals surface area contributed by atoms with Gasteiger partial charge in [0.25, 0.3) is 0 Å². The maximum Gasteiger partial charge on any atom is 0.328 e. The number of esters is 1. The van der Waals surface area contributed by atoms with Gasteiger partial charge in [-0.2, -0.15) is 0 Å². The van der Waals surface area contributed by atoms with E-state index in [9.17, 15) is 18.4 Å². The number of anilines is 2. The molecule has 1 N–H and O–H groups in total. The number of hydrogen-bond donors (Lipinski definition) is 1. The first kappa shape index (κ1) is 26.1. The van der Waals surface area contributed by atoms with Crippen molar-refractivity contribution in [3.63, 3.8) is 0 Å². The summed E-state index contributed by atoms with van der Waals surface area (Å²) in [5, 5.41) is 2.63. The number of likely N-dealkylation sites (tertiary alicyclic amines) is 1. The fraction of sp³-hybridized carbons (Fsp3) is 0.280. The molecule has 1 saturated heterocycles. The monoisotopic (exact) mass is 532 g/mol. The highest BCUT2D eigenvalue weighted by atomic mass is 35.5. The lowest BCUT2D eigenvalue weighted by Gasteiger charge is -2.37. The molecule has 12 heteroatoms. The van der Waals surface area contributed by atoms with Crippen molar-refractivity contribution in [1.29, 1.82) is 0 Å². The maximum atomic E-state index is 14.5. The Kier molecular flexibility index (Phi) is 7.72. The van der Waals surface area contributed by atoms with Gasteiger partial charge in [0.1, 0.15) is 35.1 Å². The maximum absolute atomic E-state index is 14.5. The van der Waals surface area contributed by atoms with E-state index in [2.05, 4.69) is 21.9 Å². The van der Waals surface area contributed by atoms with Crippen LogP contribution in [0.25, 0.3) is 10.9 Å².